The van der Waals surface area contributed by atoms with Crippen LogP contribution in [0.2, 0.25) is 0 Å². The number of morpholine rings is 1. The maximum absolute atomic E-state index is 12.7. The molecule has 1 aromatic rings. The van der Waals surface area contributed by atoms with E-state index in [2.05, 4.69) is 5.32 Å². The van der Waals surface area contributed by atoms with Crippen molar-refractivity contribution in [2.75, 3.05) is 38.7 Å². The summed E-state index contributed by atoms with van der Waals surface area (Å²) < 4.78 is 36.2. The van der Waals surface area contributed by atoms with E-state index in [1.165, 1.54) is 29.6 Å². The summed E-state index contributed by atoms with van der Waals surface area (Å²) >= 11 is 11.8. The number of nitrogens with zero attached hydrogens (tertiary/aromatic N) is 1. The zero-order chi connectivity index (χ0) is 18.2. The second-order valence-electron chi connectivity index (χ2n) is 5.89. The predicted molar refractivity (Wildman–Crippen MR) is 93.7 cm³/mol. The number of methoxy groups -OCH3 is 1. The highest BCUT2D eigenvalue weighted by atomic mass is 35.5. The van der Waals surface area contributed by atoms with E-state index >= 15 is 0 Å². The number of nitrogens with one attached hydrogen (secondary N) is 1. The normalized spacial score (nSPS) is 23.1. The van der Waals surface area contributed by atoms with Gasteiger partial charge in [-0.1, -0.05) is 0 Å². The minimum Gasteiger partial charge on any atom is -0.495 e. The summed E-state index contributed by atoms with van der Waals surface area (Å²) in [6.07, 6.45) is 0.357. The molecule has 138 valence electrons. The Morgan fingerprint density at radius 3 is 2.56 bits per heavy atom. The van der Waals surface area contributed by atoms with Crippen molar-refractivity contribution < 1.29 is 22.7 Å². The molecule has 2 fully saturated rings. The highest BCUT2D eigenvalue weighted by Gasteiger charge is 2.56. The van der Waals surface area contributed by atoms with Crippen LogP contribution in [-0.2, 0) is 19.6 Å². The van der Waals surface area contributed by atoms with Gasteiger partial charge in [-0.15, -0.1) is 23.2 Å². The monoisotopic (exact) mass is 408 g/mol. The molecule has 2 aliphatic rings. The maximum Gasteiger partial charge on any atom is 0.243 e. The van der Waals surface area contributed by atoms with Crippen LogP contribution in [0, 0.1) is 5.92 Å². The van der Waals surface area contributed by atoms with E-state index in [9.17, 15) is 13.2 Å². The van der Waals surface area contributed by atoms with E-state index in [0.717, 1.165) is 0 Å². The number of halogens is 2. The van der Waals surface area contributed by atoms with Gasteiger partial charge in [0.15, 0.2) is 0 Å². The maximum atomic E-state index is 12.7. The highest BCUT2D eigenvalue weighted by molar-refractivity contribution is 7.89. The Hall–Kier alpha value is -1.06. The van der Waals surface area contributed by atoms with Gasteiger partial charge in [0.1, 0.15) is 10.1 Å². The number of benzene rings is 1. The minimum absolute atomic E-state index is 0.0734. The number of alkyl halides is 2. The topological polar surface area (TPSA) is 84.9 Å². The van der Waals surface area contributed by atoms with Gasteiger partial charge in [-0.2, -0.15) is 4.31 Å². The SMILES string of the molecule is COc1ccc(S(=O)(=O)N2CCOCC2)cc1NC(=O)[C@@H]1CC1(Cl)Cl. The number of amides is 1. The van der Waals surface area contributed by atoms with Gasteiger partial charge in [0.05, 0.1) is 36.8 Å². The molecule has 1 aromatic carbocycles. The minimum atomic E-state index is -3.68. The molecule has 1 saturated heterocycles. The Balaban J connectivity index is 1.85. The number of sulfonamides is 1. The summed E-state index contributed by atoms with van der Waals surface area (Å²) in [5.41, 5.74) is 0.262. The third-order valence-electron chi connectivity index (χ3n) is 4.18. The first-order chi connectivity index (χ1) is 11.8. The molecule has 0 radical (unpaired) electrons. The molecule has 7 nitrogen and oxygen atoms in total. The average molecular weight is 409 g/mol. The van der Waals surface area contributed by atoms with Gasteiger partial charge in [-0.05, 0) is 24.6 Å². The molecule has 25 heavy (non-hydrogen) atoms. The van der Waals surface area contributed by atoms with Crippen LogP contribution in [0.15, 0.2) is 23.1 Å². The highest BCUT2D eigenvalue weighted by Crippen LogP contribution is 2.53. The van der Waals surface area contributed by atoms with Crippen molar-refractivity contribution in [1.82, 2.24) is 4.31 Å². The van der Waals surface area contributed by atoms with Crippen LogP contribution in [0.3, 0.4) is 0 Å². The van der Waals surface area contributed by atoms with Gasteiger partial charge < -0.3 is 14.8 Å². The lowest BCUT2D eigenvalue weighted by Gasteiger charge is -2.26. The summed E-state index contributed by atoms with van der Waals surface area (Å²) in [4.78, 5) is 12.3. The zero-order valence-corrected chi connectivity index (χ0v) is 15.8. The first-order valence-electron chi connectivity index (χ1n) is 7.70. The van der Waals surface area contributed by atoms with Gasteiger partial charge in [-0.3, -0.25) is 4.79 Å². The van der Waals surface area contributed by atoms with Gasteiger partial charge in [0, 0.05) is 13.1 Å². The molecular weight excluding hydrogens is 391 g/mol. The van der Waals surface area contributed by atoms with E-state index in [-0.39, 0.29) is 16.5 Å². The van der Waals surface area contributed by atoms with Crippen LogP contribution in [0.5, 0.6) is 5.75 Å². The summed E-state index contributed by atoms with van der Waals surface area (Å²) in [6.45, 7) is 1.29. The molecule has 3 rings (SSSR count). The third-order valence-corrected chi connectivity index (χ3v) is 6.91. The number of hydrogen-bond acceptors (Lipinski definition) is 5. The fourth-order valence-electron chi connectivity index (χ4n) is 2.60. The molecule has 10 heteroatoms. The Bertz CT molecular complexity index is 778. The molecule has 0 spiro atoms. The number of anilines is 1. The first-order valence-corrected chi connectivity index (χ1v) is 9.90. The van der Waals surface area contributed by atoms with Crippen molar-refractivity contribution in [1.29, 1.82) is 0 Å². The van der Waals surface area contributed by atoms with Crippen LogP contribution in [0.25, 0.3) is 0 Å². The van der Waals surface area contributed by atoms with Gasteiger partial charge >= 0.3 is 0 Å². The second kappa shape index (κ2) is 6.92. The quantitative estimate of drug-likeness (QED) is 0.751. The van der Waals surface area contributed by atoms with Crippen molar-refractivity contribution in [3.05, 3.63) is 18.2 Å². The molecule has 0 unspecified atom stereocenters. The lowest BCUT2D eigenvalue weighted by Crippen LogP contribution is -2.40. The number of hydrogen-bond donors (Lipinski definition) is 1. The predicted octanol–water partition coefficient (Wildman–Crippen LogP) is 1.85. The first kappa shape index (κ1) is 18.7. The molecule has 0 aromatic heterocycles. The number of rotatable bonds is 5. The Morgan fingerprint density at radius 2 is 2.00 bits per heavy atom. The zero-order valence-electron chi connectivity index (χ0n) is 13.5. The number of ether oxygens (including phenoxy) is 2. The van der Waals surface area contributed by atoms with E-state index in [4.69, 9.17) is 32.7 Å². The lowest BCUT2D eigenvalue weighted by atomic mass is 10.2. The Labute approximate surface area is 156 Å². The van der Waals surface area contributed by atoms with E-state index in [0.29, 0.717) is 38.5 Å². The molecule has 1 heterocycles. The van der Waals surface area contributed by atoms with Crippen molar-refractivity contribution >= 4 is 44.8 Å². The third kappa shape index (κ3) is 3.88. The molecule has 1 aliphatic carbocycles. The fraction of sp³-hybridized carbons (Fsp3) is 0.533. The molecule has 0 bridgehead atoms. The standard InChI is InChI=1S/C15H18Cl2N2O5S/c1-23-13-3-2-10(25(21,22)19-4-6-24-7-5-19)8-12(13)18-14(20)11-9-15(11,16)17/h2-3,8,11H,4-7,9H2,1H3,(H,18,20)/t11-/m0/s1. The molecule has 1 N–H and O–H groups in total. The second-order valence-corrected chi connectivity index (χ2v) is 9.37. The van der Waals surface area contributed by atoms with Gasteiger partial charge in [0.25, 0.3) is 0 Å². The largest absolute Gasteiger partial charge is 0.495 e. The van der Waals surface area contributed by atoms with E-state index < -0.39 is 20.3 Å². The molecule has 1 saturated carbocycles. The molecule has 1 amide bonds. The lowest BCUT2D eigenvalue weighted by molar-refractivity contribution is -0.117. The van der Waals surface area contributed by atoms with Gasteiger partial charge in [0.2, 0.25) is 15.9 Å². The molecule has 1 aliphatic heterocycles. The summed E-state index contributed by atoms with van der Waals surface area (Å²) in [5.74, 6) is -0.547. The fourth-order valence-corrected chi connectivity index (χ4v) is 4.54. The summed E-state index contributed by atoms with van der Waals surface area (Å²) in [7, 11) is -2.24. The van der Waals surface area contributed by atoms with Crippen LogP contribution >= 0.6 is 23.2 Å². The van der Waals surface area contributed by atoms with Crippen LogP contribution in [0.1, 0.15) is 6.42 Å². The summed E-state index contributed by atoms with van der Waals surface area (Å²) in [6, 6.07) is 4.34. The van der Waals surface area contributed by atoms with Crippen molar-refractivity contribution in [3.63, 3.8) is 0 Å². The van der Waals surface area contributed by atoms with Crippen LogP contribution in [0.4, 0.5) is 5.69 Å². The van der Waals surface area contributed by atoms with Crippen molar-refractivity contribution in [2.45, 2.75) is 15.6 Å². The number of carbonyl (C=O) groups excluding carboxylic acids is 1. The van der Waals surface area contributed by atoms with E-state index in [1.54, 1.807) is 0 Å². The van der Waals surface area contributed by atoms with Crippen molar-refractivity contribution in [3.8, 4) is 5.75 Å². The van der Waals surface area contributed by atoms with E-state index in [1.807, 2.05) is 0 Å². The van der Waals surface area contributed by atoms with Crippen LogP contribution < -0.4 is 10.1 Å². The Morgan fingerprint density at radius 1 is 1.36 bits per heavy atom. The Kier molecular flexibility index (Phi) is 5.18. The van der Waals surface area contributed by atoms with Gasteiger partial charge in [-0.25, -0.2) is 8.42 Å². The average Bonchev–Trinajstić information content (AvgIpc) is 3.24. The van der Waals surface area contributed by atoms with Crippen LogP contribution in [-0.4, -0.2) is 56.4 Å². The molecule has 1 atom stereocenters. The van der Waals surface area contributed by atoms with Crippen molar-refractivity contribution in [2.24, 2.45) is 5.92 Å². The molecular formula is C15H18Cl2N2O5S. The summed E-state index contributed by atoms with van der Waals surface area (Å²) in [5, 5.41) is 2.65. The number of carbonyl (C=O) groups is 1. The smallest absolute Gasteiger partial charge is 0.243 e.